The fraction of sp³-hybridized carbons (Fsp3) is 0.529. The number of nitrogens with two attached hydrogens (primary N) is 1. The molecule has 0 aromatic heterocycles. The topological polar surface area (TPSA) is 89.2 Å². The van der Waals surface area contributed by atoms with E-state index in [1.54, 1.807) is 14.2 Å². The summed E-state index contributed by atoms with van der Waals surface area (Å²) < 4.78 is 10.5. The summed E-state index contributed by atoms with van der Waals surface area (Å²) in [5, 5.41) is 3.08. The summed E-state index contributed by atoms with van der Waals surface area (Å²) in [5.41, 5.74) is 6.86. The number of methoxy groups -OCH3 is 2. The summed E-state index contributed by atoms with van der Waals surface area (Å²) in [6, 6.07) is 5.66. The molecule has 7 heteroatoms. The SMILES string of the molecule is COc1ccc(CN=C(N)NCCCN2CCCC2=O)cc1OC. The average Bonchev–Trinajstić information content (AvgIpc) is 3.01. The monoisotopic (exact) mass is 334 g/mol. The first-order valence-electron chi connectivity index (χ1n) is 8.16. The van der Waals surface area contributed by atoms with Gasteiger partial charge in [-0.2, -0.15) is 0 Å². The van der Waals surface area contributed by atoms with E-state index in [1.165, 1.54) is 0 Å². The van der Waals surface area contributed by atoms with Gasteiger partial charge in [-0.05, 0) is 30.5 Å². The first kappa shape index (κ1) is 17.9. The Labute approximate surface area is 142 Å². The van der Waals surface area contributed by atoms with Crippen LogP contribution >= 0.6 is 0 Å². The van der Waals surface area contributed by atoms with Gasteiger partial charge in [-0.3, -0.25) is 4.79 Å². The third-order valence-corrected chi connectivity index (χ3v) is 3.96. The minimum absolute atomic E-state index is 0.255. The third-order valence-electron chi connectivity index (χ3n) is 3.96. The number of likely N-dealkylation sites (tertiary alicyclic amines) is 1. The van der Waals surface area contributed by atoms with Gasteiger partial charge in [0.25, 0.3) is 0 Å². The minimum atomic E-state index is 0.255. The lowest BCUT2D eigenvalue weighted by molar-refractivity contribution is -0.127. The van der Waals surface area contributed by atoms with Crippen molar-refractivity contribution in [1.82, 2.24) is 10.2 Å². The predicted molar refractivity (Wildman–Crippen MR) is 93.3 cm³/mol. The van der Waals surface area contributed by atoms with Crippen LogP contribution in [0.25, 0.3) is 0 Å². The molecule has 1 amide bonds. The summed E-state index contributed by atoms with van der Waals surface area (Å²) in [7, 11) is 3.21. The van der Waals surface area contributed by atoms with Crippen LogP contribution in [-0.2, 0) is 11.3 Å². The number of hydrogen-bond acceptors (Lipinski definition) is 4. The Bertz CT molecular complexity index is 589. The third kappa shape index (κ3) is 5.04. The van der Waals surface area contributed by atoms with E-state index in [9.17, 15) is 4.79 Å². The number of carbonyl (C=O) groups excluding carboxylic acids is 1. The molecule has 1 aliphatic rings. The Morgan fingerprint density at radius 1 is 1.33 bits per heavy atom. The van der Waals surface area contributed by atoms with Crippen LogP contribution < -0.4 is 20.5 Å². The van der Waals surface area contributed by atoms with Gasteiger partial charge in [-0.1, -0.05) is 6.07 Å². The Morgan fingerprint density at radius 3 is 2.79 bits per heavy atom. The number of benzene rings is 1. The maximum atomic E-state index is 11.5. The predicted octanol–water partition coefficient (Wildman–Crippen LogP) is 1.12. The van der Waals surface area contributed by atoms with Gasteiger partial charge in [0, 0.05) is 26.1 Å². The van der Waals surface area contributed by atoms with Gasteiger partial charge in [0.05, 0.1) is 20.8 Å². The molecule has 1 aromatic carbocycles. The summed E-state index contributed by atoms with van der Waals surface area (Å²) in [6.07, 6.45) is 2.52. The zero-order chi connectivity index (χ0) is 17.4. The maximum absolute atomic E-state index is 11.5. The van der Waals surface area contributed by atoms with Gasteiger partial charge in [-0.25, -0.2) is 4.99 Å². The van der Waals surface area contributed by atoms with Gasteiger partial charge >= 0.3 is 0 Å². The highest BCUT2D eigenvalue weighted by Gasteiger charge is 2.18. The quantitative estimate of drug-likeness (QED) is 0.422. The van der Waals surface area contributed by atoms with Crippen molar-refractivity contribution >= 4 is 11.9 Å². The van der Waals surface area contributed by atoms with Gasteiger partial charge < -0.3 is 25.4 Å². The van der Waals surface area contributed by atoms with Crippen LogP contribution in [0.5, 0.6) is 11.5 Å². The number of guanidine groups is 1. The standard InChI is InChI=1S/C17H26N4O3/c1-23-14-7-6-13(11-15(14)24-2)12-20-17(18)19-8-4-10-21-9-3-5-16(21)22/h6-7,11H,3-5,8-10,12H2,1-2H3,(H3,18,19,20). The molecule has 1 heterocycles. The Morgan fingerprint density at radius 2 is 2.12 bits per heavy atom. The van der Waals surface area contributed by atoms with Crippen LogP contribution in [0.4, 0.5) is 0 Å². The van der Waals surface area contributed by atoms with E-state index in [4.69, 9.17) is 15.2 Å². The summed E-state index contributed by atoms with van der Waals surface area (Å²) in [5.74, 6) is 2.02. The summed E-state index contributed by atoms with van der Waals surface area (Å²) in [6.45, 7) is 2.81. The van der Waals surface area contributed by atoms with Crippen molar-refractivity contribution in [2.45, 2.75) is 25.8 Å². The maximum Gasteiger partial charge on any atom is 0.222 e. The number of nitrogens with zero attached hydrogens (tertiary/aromatic N) is 2. The van der Waals surface area contributed by atoms with Gasteiger partial charge in [0.15, 0.2) is 17.5 Å². The average molecular weight is 334 g/mol. The molecule has 1 aromatic rings. The van der Waals surface area contributed by atoms with Crippen LogP contribution in [0.15, 0.2) is 23.2 Å². The number of carbonyl (C=O) groups is 1. The molecule has 0 spiro atoms. The van der Waals surface area contributed by atoms with E-state index >= 15 is 0 Å². The van der Waals surface area contributed by atoms with Crippen molar-refractivity contribution < 1.29 is 14.3 Å². The van der Waals surface area contributed by atoms with Crippen molar-refractivity contribution in [3.63, 3.8) is 0 Å². The number of rotatable bonds is 8. The molecule has 24 heavy (non-hydrogen) atoms. The molecule has 7 nitrogen and oxygen atoms in total. The van der Waals surface area contributed by atoms with Crippen LogP contribution in [-0.4, -0.2) is 50.6 Å². The lowest BCUT2D eigenvalue weighted by Gasteiger charge is -2.15. The highest BCUT2D eigenvalue weighted by atomic mass is 16.5. The summed E-state index contributed by atoms with van der Waals surface area (Å²) >= 11 is 0. The highest BCUT2D eigenvalue weighted by molar-refractivity contribution is 5.78. The molecule has 0 atom stereocenters. The number of nitrogens with one attached hydrogen (secondary N) is 1. The van der Waals surface area contributed by atoms with E-state index in [0.29, 0.717) is 37.0 Å². The van der Waals surface area contributed by atoms with Crippen LogP contribution in [0.3, 0.4) is 0 Å². The molecule has 3 N–H and O–H groups in total. The normalized spacial score (nSPS) is 14.8. The van der Waals surface area contributed by atoms with Crippen LogP contribution in [0, 0.1) is 0 Å². The van der Waals surface area contributed by atoms with E-state index in [-0.39, 0.29) is 5.91 Å². The van der Waals surface area contributed by atoms with E-state index in [1.807, 2.05) is 23.1 Å². The minimum Gasteiger partial charge on any atom is -0.493 e. The molecule has 0 unspecified atom stereocenters. The van der Waals surface area contributed by atoms with Crippen molar-refractivity contribution in [3.8, 4) is 11.5 Å². The first-order chi connectivity index (χ1) is 11.6. The van der Waals surface area contributed by atoms with Crippen molar-refractivity contribution in [2.75, 3.05) is 33.9 Å². The zero-order valence-electron chi connectivity index (χ0n) is 14.4. The lowest BCUT2D eigenvalue weighted by Crippen LogP contribution is -2.34. The molecule has 1 fully saturated rings. The molecule has 0 bridgehead atoms. The molecule has 1 aliphatic heterocycles. The lowest BCUT2D eigenvalue weighted by atomic mass is 10.2. The Hall–Kier alpha value is -2.44. The summed E-state index contributed by atoms with van der Waals surface area (Å²) in [4.78, 5) is 17.7. The van der Waals surface area contributed by atoms with E-state index in [2.05, 4.69) is 10.3 Å². The van der Waals surface area contributed by atoms with Crippen molar-refractivity contribution in [2.24, 2.45) is 10.7 Å². The Balaban J connectivity index is 1.74. The fourth-order valence-corrected chi connectivity index (χ4v) is 2.64. The molecule has 132 valence electrons. The largest absolute Gasteiger partial charge is 0.493 e. The van der Waals surface area contributed by atoms with Crippen molar-refractivity contribution in [1.29, 1.82) is 0 Å². The molecule has 1 saturated heterocycles. The smallest absolute Gasteiger partial charge is 0.222 e. The molecular formula is C17H26N4O3. The number of amides is 1. The van der Waals surface area contributed by atoms with Gasteiger partial charge in [0.1, 0.15) is 0 Å². The zero-order valence-corrected chi connectivity index (χ0v) is 14.4. The first-order valence-corrected chi connectivity index (χ1v) is 8.16. The second-order valence-electron chi connectivity index (χ2n) is 5.66. The molecule has 0 radical (unpaired) electrons. The molecule has 2 rings (SSSR count). The second kappa shape index (κ2) is 9.00. The number of aliphatic imine (C=N–C) groups is 1. The van der Waals surface area contributed by atoms with E-state index < -0.39 is 0 Å². The van der Waals surface area contributed by atoms with E-state index in [0.717, 1.165) is 31.5 Å². The number of hydrogen-bond donors (Lipinski definition) is 2. The van der Waals surface area contributed by atoms with Crippen LogP contribution in [0.2, 0.25) is 0 Å². The molecule has 0 aliphatic carbocycles. The van der Waals surface area contributed by atoms with Gasteiger partial charge in [0.2, 0.25) is 5.91 Å². The Kier molecular flexibility index (Phi) is 6.72. The number of ether oxygens (including phenoxy) is 2. The molecule has 0 saturated carbocycles. The van der Waals surface area contributed by atoms with Crippen molar-refractivity contribution in [3.05, 3.63) is 23.8 Å². The van der Waals surface area contributed by atoms with Crippen LogP contribution in [0.1, 0.15) is 24.8 Å². The highest BCUT2D eigenvalue weighted by Crippen LogP contribution is 2.27. The molecular weight excluding hydrogens is 308 g/mol. The second-order valence-corrected chi connectivity index (χ2v) is 5.66. The fourth-order valence-electron chi connectivity index (χ4n) is 2.64. The van der Waals surface area contributed by atoms with Gasteiger partial charge in [-0.15, -0.1) is 0 Å².